The minimum absolute atomic E-state index is 0. The first-order chi connectivity index (χ1) is 9.72. The van der Waals surface area contributed by atoms with Gasteiger partial charge in [0.2, 0.25) is 0 Å². The Morgan fingerprint density at radius 3 is 2.64 bits per heavy atom. The van der Waals surface area contributed by atoms with E-state index in [-0.39, 0.29) is 24.8 Å². The second-order valence-electron chi connectivity index (χ2n) is 4.62. The fourth-order valence-corrected chi connectivity index (χ4v) is 2.60. The first kappa shape index (κ1) is 18.6. The molecular formula is C16H16BrCl2N3. The predicted molar refractivity (Wildman–Crippen MR) is 102 cm³/mol. The molecule has 0 saturated carbocycles. The highest BCUT2D eigenvalue weighted by atomic mass is 79.9. The van der Waals surface area contributed by atoms with Crippen molar-refractivity contribution in [3.05, 3.63) is 64.8 Å². The van der Waals surface area contributed by atoms with Gasteiger partial charge in [-0.1, -0.05) is 34.1 Å². The third-order valence-electron chi connectivity index (χ3n) is 3.18. The monoisotopic (exact) mass is 399 g/mol. The molecule has 3 N–H and O–H groups in total. The van der Waals surface area contributed by atoms with Gasteiger partial charge in [-0.15, -0.1) is 24.8 Å². The minimum atomic E-state index is 0. The molecule has 3 aromatic rings. The van der Waals surface area contributed by atoms with Gasteiger partial charge in [0.25, 0.3) is 0 Å². The number of pyridine rings is 1. The molecule has 0 radical (unpaired) electrons. The van der Waals surface area contributed by atoms with Crippen molar-refractivity contribution >= 4 is 63.0 Å². The summed E-state index contributed by atoms with van der Waals surface area (Å²) in [4.78, 5) is 4.12. The van der Waals surface area contributed by atoms with Crippen molar-refractivity contribution in [1.29, 1.82) is 0 Å². The van der Waals surface area contributed by atoms with Crippen LogP contribution >= 0.6 is 40.7 Å². The summed E-state index contributed by atoms with van der Waals surface area (Å²) in [6.07, 6.45) is 1.73. The van der Waals surface area contributed by atoms with E-state index in [2.05, 4.69) is 50.5 Å². The maximum atomic E-state index is 5.91. The van der Waals surface area contributed by atoms with Crippen LogP contribution in [-0.2, 0) is 6.54 Å². The number of hydrogen-bond acceptors (Lipinski definition) is 3. The van der Waals surface area contributed by atoms with Gasteiger partial charge >= 0.3 is 0 Å². The van der Waals surface area contributed by atoms with Gasteiger partial charge in [-0.2, -0.15) is 0 Å². The van der Waals surface area contributed by atoms with E-state index >= 15 is 0 Å². The standard InChI is InChI=1S/C16H14BrN3.2ClH/c17-13-3-1-2-11(8-13)10-20-14-5-4-12-6-7-19-16(18)15(12)9-14;;/h1-9,20H,10H2,(H2,18,19);2*1H. The predicted octanol–water partition coefficient (Wildman–Crippen LogP) is 5.04. The molecule has 0 aliphatic heterocycles. The first-order valence-electron chi connectivity index (χ1n) is 6.35. The summed E-state index contributed by atoms with van der Waals surface area (Å²) >= 11 is 3.48. The molecule has 3 rings (SSSR count). The average Bonchev–Trinajstić information content (AvgIpc) is 2.46. The van der Waals surface area contributed by atoms with Crippen LogP contribution in [0.4, 0.5) is 11.5 Å². The molecular weight excluding hydrogens is 385 g/mol. The average molecular weight is 401 g/mol. The van der Waals surface area contributed by atoms with Crippen molar-refractivity contribution in [3.63, 3.8) is 0 Å². The quantitative estimate of drug-likeness (QED) is 0.647. The SMILES string of the molecule is Cl.Cl.Nc1nccc2ccc(NCc3cccc(Br)c3)cc12. The number of benzene rings is 2. The second-order valence-corrected chi connectivity index (χ2v) is 5.53. The highest BCUT2D eigenvalue weighted by Crippen LogP contribution is 2.23. The van der Waals surface area contributed by atoms with Crippen LogP contribution < -0.4 is 11.1 Å². The molecule has 0 bridgehead atoms. The lowest BCUT2D eigenvalue weighted by Gasteiger charge is -2.09. The fraction of sp³-hybridized carbons (Fsp3) is 0.0625. The van der Waals surface area contributed by atoms with Gasteiger partial charge in [-0.05, 0) is 41.3 Å². The minimum Gasteiger partial charge on any atom is -0.383 e. The smallest absolute Gasteiger partial charge is 0.131 e. The van der Waals surface area contributed by atoms with E-state index in [1.807, 2.05) is 24.3 Å². The number of nitrogens with zero attached hydrogens (tertiary/aromatic N) is 1. The normalized spacial score (nSPS) is 9.68. The number of hydrogen-bond donors (Lipinski definition) is 2. The van der Waals surface area contributed by atoms with Gasteiger partial charge in [0, 0.05) is 28.3 Å². The first-order valence-corrected chi connectivity index (χ1v) is 7.14. The van der Waals surface area contributed by atoms with Crippen LogP contribution in [0.1, 0.15) is 5.56 Å². The van der Waals surface area contributed by atoms with Crippen LogP contribution in [0.25, 0.3) is 10.8 Å². The Bertz CT molecular complexity index is 765. The molecule has 0 fully saturated rings. The topological polar surface area (TPSA) is 50.9 Å². The molecule has 2 aromatic carbocycles. The van der Waals surface area contributed by atoms with Gasteiger partial charge in [0.05, 0.1) is 0 Å². The summed E-state index contributed by atoms with van der Waals surface area (Å²) < 4.78 is 1.09. The van der Waals surface area contributed by atoms with Gasteiger partial charge < -0.3 is 11.1 Å². The Morgan fingerprint density at radius 2 is 1.86 bits per heavy atom. The molecule has 1 aromatic heterocycles. The number of nitrogens with one attached hydrogen (secondary N) is 1. The summed E-state index contributed by atoms with van der Waals surface area (Å²) in [6, 6.07) is 16.4. The maximum absolute atomic E-state index is 5.91. The molecule has 0 spiro atoms. The van der Waals surface area contributed by atoms with E-state index in [0.29, 0.717) is 5.82 Å². The molecule has 1 heterocycles. The number of nitrogen functional groups attached to an aromatic ring is 1. The maximum Gasteiger partial charge on any atom is 0.131 e. The molecule has 0 unspecified atom stereocenters. The molecule has 116 valence electrons. The molecule has 0 atom stereocenters. The van der Waals surface area contributed by atoms with Crippen molar-refractivity contribution in [2.45, 2.75) is 6.54 Å². The van der Waals surface area contributed by atoms with E-state index in [4.69, 9.17) is 5.73 Å². The van der Waals surface area contributed by atoms with Crippen LogP contribution in [0.2, 0.25) is 0 Å². The highest BCUT2D eigenvalue weighted by Gasteiger charge is 2.01. The fourth-order valence-electron chi connectivity index (χ4n) is 2.15. The summed E-state index contributed by atoms with van der Waals surface area (Å²) in [5.41, 5.74) is 8.17. The van der Waals surface area contributed by atoms with E-state index in [0.717, 1.165) is 27.5 Å². The lowest BCUT2D eigenvalue weighted by molar-refractivity contribution is 1.15. The molecule has 6 heteroatoms. The Labute approximate surface area is 150 Å². The van der Waals surface area contributed by atoms with Crippen LogP contribution in [0.3, 0.4) is 0 Å². The third-order valence-corrected chi connectivity index (χ3v) is 3.68. The lowest BCUT2D eigenvalue weighted by atomic mass is 10.1. The van der Waals surface area contributed by atoms with E-state index in [9.17, 15) is 0 Å². The van der Waals surface area contributed by atoms with Crippen LogP contribution in [0, 0.1) is 0 Å². The molecule has 22 heavy (non-hydrogen) atoms. The Morgan fingerprint density at radius 1 is 1.05 bits per heavy atom. The van der Waals surface area contributed by atoms with Crippen LogP contribution in [0.15, 0.2) is 59.2 Å². The van der Waals surface area contributed by atoms with Gasteiger partial charge in [0.1, 0.15) is 5.82 Å². The molecule has 0 aliphatic rings. The zero-order chi connectivity index (χ0) is 13.9. The zero-order valence-electron chi connectivity index (χ0n) is 11.6. The summed E-state index contributed by atoms with van der Waals surface area (Å²) in [5, 5.41) is 5.48. The van der Waals surface area contributed by atoms with Gasteiger partial charge in [-0.3, -0.25) is 0 Å². The van der Waals surface area contributed by atoms with Crippen molar-refractivity contribution in [2.75, 3.05) is 11.1 Å². The summed E-state index contributed by atoms with van der Waals surface area (Å²) in [6.45, 7) is 0.769. The second kappa shape index (κ2) is 8.22. The number of aromatic nitrogens is 1. The Balaban J connectivity index is 0.00000121. The van der Waals surface area contributed by atoms with E-state index in [1.54, 1.807) is 6.20 Å². The lowest BCUT2D eigenvalue weighted by Crippen LogP contribution is -1.99. The van der Waals surface area contributed by atoms with E-state index < -0.39 is 0 Å². The van der Waals surface area contributed by atoms with Gasteiger partial charge in [-0.25, -0.2) is 4.98 Å². The number of halogens is 3. The van der Waals surface area contributed by atoms with E-state index in [1.165, 1.54) is 5.56 Å². The number of nitrogens with two attached hydrogens (primary N) is 1. The molecule has 0 amide bonds. The summed E-state index contributed by atoms with van der Waals surface area (Å²) in [5.74, 6) is 0.564. The summed E-state index contributed by atoms with van der Waals surface area (Å²) in [7, 11) is 0. The Hall–Kier alpha value is -1.49. The third kappa shape index (κ3) is 4.26. The number of fused-ring (bicyclic) bond motifs is 1. The largest absolute Gasteiger partial charge is 0.383 e. The number of rotatable bonds is 3. The highest BCUT2D eigenvalue weighted by molar-refractivity contribution is 9.10. The molecule has 3 nitrogen and oxygen atoms in total. The number of anilines is 2. The van der Waals surface area contributed by atoms with Gasteiger partial charge in [0.15, 0.2) is 0 Å². The van der Waals surface area contributed by atoms with Crippen molar-refractivity contribution < 1.29 is 0 Å². The van der Waals surface area contributed by atoms with Crippen LogP contribution in [-0.4, -0.2) is 4.98 Å². The van der Waals surface area contributed by atoms with Crippen molar-refractivity contribution in [1.82, 2.24) is 4.98 Å². The zero-order valence-corrected chi connectivity index (χ0v) is 14.8. The Kier molecular flexibility index (Phi) is 6.94. The molecule has 0 saturated heterocycles. The van der Waals surface area contributed by atoms with Crippen molar-refractivity contribution in [2.24, 2.45) is 0 Å². The molecule has 0 aliphatic carbocycles. The van der Waals surface area contributed by atoms with Crippen molar-refractivity contribution in [3.8, 4) is 0 Å². The van der Waals surface area contributed by atoms with Crippen LogP contribution in [0.5, 0.6) is 0 Å².